The third kappa shape index (κ3) is 3.01. The van der Waals surface area contributed by atoms with Crippen molar-refractivity contribution in [2.45, 2.75) is 6.92 Å². The van der Waals surface area contributed by atoms with Crippen LogP contribution in [0.3, 0.4) is 0 Å². The second kappa shape index (κ2) is 6.27. The van der Waals surface area contributed by atoms with Gasteiger partial charge < -0.3 is 9.80 Å². The Labute approximate surface area is 133 Å². The lowest BCUT2D eigenvalue weighted by Gasteiger charge is -2.34. The van der Waals surface area contributed by atoms with Gasteiger partial charge in [-0.15, -0.1) is 0 Å². The molecule has 3 rings (SSSR count). The predicted molar refractivity (Wildman–Crippen MR) is 85.1 cm³/mol. The third-order valence-corrected chi connectivity index (χ3v) is 4.46. The van der Waals surface area contributed by atoms with E-state index in [1.165, 1.54) is 11.3 Å². The van der Waals surface area contributed by atoms with Crippen LogP contribution in [-0.4, -0.2) is 52.8 Å². The van der Waals surface area contributed by atoms with Crippen LogP contribution in [0.5, 0.6) is 0 Å². The summed E-state index contributed by atoms with van der Waals surface area (Å²) in [6.07, 6.45) is 1.61. The molecule has 5 nitrogen and oxygen atoms in total. The van der Waals surface area contributed by atoms with Crippen LogP contribution < -0.4 is 0 Å². The van der Waals surface area contributed by atoms with Gasteiger partial charge in [-0.25, -0.2) is 0 Å². The lowest BCUT2D eigenvalue weighted by Crippen LogP contribution is -2.50. The first-order valence-corrected chi connectivity index (χ1v) is 8.13. The quantitative estimate of drug-likeness (QED) is 0.852. The molecule has 3 heterocycles. The minimum Gasteiger partial charge on any atom is -0.335 e. The summed E-state index contributed by atoms with van der Waals surface area (Å²) < 4.78 is 0. The SMILES string of the molecule is Cc1ccc(C(=O)N2CCN(C(=O)c3ccsc3)CC2)cn1. The highest BCUT2D eigenvalue weighted by atomic mass is 32.1. The van der Waals surface area contributed by atoms with Crippen molar-refractivity contribution in [3.8, 4) is 0 Å². The summed E-state index contributed by atoms with van der Waals surface area (Å²) in [5.41, 5.74) is 2.22. The first-order valence-electron chi connectivity index (χ1n) is 7.18. The third-order valence-electron chi connectivity index (χ3n) is 3.78. The maximum absolute atomic E-state index is 12.4. The van der Waals surface area contributed by atoms with Crippen LogP contribution in [0.4, 0.5) is 0 Å². The van der Waals surface area contributed by atoms with Gasteiger partial charge in [-0.3, -0.25) is 14.6 Å². The van der Waals surface area contributed by atoms with Crippen LogP contribution >= 0.6 is 11.3 Å². The number of hydrogen-bond donors (Lipinski definition) is 0. The number of amides is 2. The van der Waals surface area contributed by atoms with Crippen molar-refractivity contribution >= 4 is 23.2 Å². The zero-order valence-corrected chi connectivity index (χ0v) is 13.2. The highest BCUT2D eigenvalue weighted by Crippen LogP contribution is 2.13. The summed E-state index contributed by atoms with van der Waals surface area (Å²) in [4.78, 5) is 32.4. The summed E-state index contributed by atoms with van der Waals surface area (Å²) in [7, 11) is 0. The number of piperazine rings is 1. The molecule has 2 aromatic rings. The van der Waals surface area contributed by atoms with Crippen molar-refractivity contribution < 1.29 is 9.59 Å². The molecule has 0 aliphatic carbocycles. The van der Waals surface area contributed by atoms with Crippen molar-refractivity contribution in [2.75, 3.05) is 26.2 Å². The Hall–Kier alpha value is -2.21. The molecule has 1 aliphatic rings. The molecule has 0 bridgehead atoms. The lowest BCUT2D eigenvalue weighted by atomic mass is 10.2. The molecule has 22 heavy (non-hydrogen) atoms. The number of aryl methyl sites for hydroxylation is 1. The van der Waals surface area contributed by atoms with Gasteiger partial charge in [-0.05, 0) is 30.5 Å². The minimum absolute atomic E-state index is 0.0184. The Morgan fingerprint density at radius 3 is 2.14 bits per heavy atom. The summed E-state index contributed by atoms with van der Waals surface area (Å²) in [6, 6.07) is 5.47. The molecular weight excluding hydrogens is 298 g/mol. The molecule has 1 aliphatic heterocycles. The van der Waals surface area contributed by atoms with Gasteiger partial charge in [-0.2, -0.15) is 11.3 Å². The van der Waals surface area contributed by atoms with Crippen molar-refractivity contribution in [2.24, 2.45) is 0 Å². The molecule has 0 saturated carbocycles. The van der Waals surface area contributed by atoms with Gasteiger partial charge in [0.05, 0.1) is 11.1 Å². The molecule has 0 spiro atoms. The van der Waals surface area contributed by atoms with Crippen molar-refractivity contribution in [1.82, 2.24) is 14.8 Å². The Bertz CT molecular complexity index is 659. The van der Waals surface area contributed by atoms with Gasteiger partial charge in [0, 0.05) is 43.4 Å². The molecule has 2 aromatic heterocycles. The molecule has 1 saturated heterocycles. The van der Waals surface area contributed by atoms with Gasteiger partial charge in [0.25, 0.3) is 11.8 Å². The van der Waals surface area contributed by atoms with Crippen molar-refractivity contribution in [1.29, 1.82) is 0 Å². The largest absolute Gasteiger partial charge is 0.335 e. The fourth-order valence-electron chi connectivity index (χ4n) is 2.46. The number of aromatic nitrogens is 1. The molecule has 1 fully saturated rings. The van der Waals surface area contributed by atoms with E-state index in [1.54, 1.807) is 22.1 Å². The first-order chi connectivity index (χ1) is 10.6. The fourth-order valence-corrected chi connectivity index (χ4v) is 3.09. The standard InChI is InChI=1S/C16H17N3O2S/c1-12-2-3-13(10-17-12)15(20)18-5-7-19(8-6-18)16(21)14-4-9-22-11-14/h2-4,9-11H,5-8H2,1H3. The molecule has 0 radical (unpaired) electrons. The number of nitrogens with zero attached hydrogens (tertiary/aromatic N) is 3. The second-order valence-corrected chi connectivity index (χ2v) is 6.06. The number of pyridine rings is 1. The molecule has 0 aromatic carbocycles. The van der Waals surface area contributed by atoms with E-state index < -0.39 is 0 Å². The lowest BCUT2D eigenvalue weighted by molar-refractivity contribution is 0.0535. The van der Waals surface area contributed by atoms with Crippen LogP contribution in [0.15, 0.2) is 35.2 Å². The van der Waals surface area contributed by atoms with Gasteiger partial charge in [0.15, 0.2) is 0 Å². The zero-order chi connectivity index (χ0) is 15.5. The summed E-state index contributed by atoms with van der Waals surface area (Å²) in [5, 5.41) is 3.76. The molecule has 114 valence electrons. The van der Waals surface area contributed by atoms with E-state index in [9.17, 15) is 9.59 Å². The molecule has 0 atom stereocenters. The number of thiophene rings is 1. The highest BCUT2D eigenvalue weighted by molar-refractivity contribution is 7.08. The van der Waals surface area contributed by atoms with E-state index in [1.807, 2.05) is 29.8 Å². The number of carbonyl (C=O) groups is 2. The normalized spacial score (nSPS) is 15.0. The van der Waals surface area contributed by atoms with E-state index in [0.29, 0.717) is 31.7 Å². The summed E-state index contributed by atoms with van der Waals surface area (Å²) >= 11 is 1.52. The Morgan fingerprint density at radius 2 is 1.64 bits per heavy atom. The van der Waals surface area contributed by atoms with E-state index in [2.05, 4.69) is 4.98 Å². The number of hydrogen-bond acceptors (Lipinski definition) is 4. The van der Waals surface area contributed by atoms with Crippen LogP contribution in [0.1, 0.15) is 26.4 Å². The van der Waals surface area contributed by atoms with Crippen molar-refractivity contribution in [3.05, 3.63) is 52.0 Å². The van der Waals surface area contributed by atoms with Gasteiger partial charge >= 0.3 is 0 Å². The van der Waals surface area contributed by atoms with Crippen LogP contribution in [0.25, 0.3) is 0 Å². The Kier molecular flexibility index (Phi) is 4.20. The predicted octanol–water partition coefficient (Wildman–Crippen LogP) is 2.05. The van der Waals surface area contributed by atoms with Crippen molar-refractivity contribution in [3.63, 3.8) is 0 Å². The van der Waals surface area contributed by atoms with E-state index in [-0.39, 0.29) is 11.8 Å². The van der Waals surface area contributed by atoms with E-state index >= 15 is 0 Å². The van der Waals surface area contributed by atoms with Crippen LogP contribution in [0.2, 0.25) is 0 Å². The van der Waals surface area contributed by atoms with Crippen LogP contribution in [0, 0.1) is 6.92 Å². The maximum atomic E-state index is 12.4. The topological polar surface area (TPSA) is 53.5 Å². The van der Waals surface area contributed by atoms with E-state index in [4.69, 9.17) is 0 Å². The molecule has 0 N–H and O–H groups in total. The first kappa shape index (κ1) is 14.7. The maximum Gasteiger partial charge on any atom is 0.255 e. The minimum atomic E-state index is -0.0184. The van der Waals surface area contributed by atoms with Gasteiger partial charge in [0.2, 0.25) is 0 Å². The molecule has 6 heteroatoms. The van der Waals surface area contributed by atoms with Gasteiger partial charge in [-0.1, -0.05) is 0 Å². The fraction of sp³-hybridized carbons (Fsp3) is 0.312. The second-order valence-electron chi connectivity index (χ2n) is 5.28. The highest BCUT2D eigenvalue weighted by Gasteiger charge is 2.25. The average molecular weight is 315 g/mol. The number of carbonyl (C=O) groups excluding carboxylic acids is 2. The van der Waals surface area contributed by atoms with Gasteiger partial charge in [0.1, 0.15) is 0 Å². The summed E-state index contributed by atoms with van der Waals surface area (Å²) in [6.45, 7) is 4.15. The van der Waals surface area contributed by atoms with E-state index in [0.717, 1.165) is 11.3 Å². The number of rotatable bonds is 2. The molecule has 2 amide bonds. The Morgan fingerprint density at radius 1 is 1.00 bits per heavy atom. The zero-order valence-electron chi connectivity index (χ0n) is 12.4. The monoisotopic (exact) mass is 315 g/mol. The average Bonchev–Trinajstić information content (AvgIpc) is 3.09. The summed E-state index contributed by atoms with van der Waals surface area (Å²) in [5.74, 6) is 0.0282. The molecule has 0 unspecified atom stereocenters. The molecular formula is C16H17N3O2S. The van der Waals surface area contributed by atoms with Crippen LogP contribution in [-0.2, 0) is 0 Å². The smallest absolute Gasteiger partial charge is 0.255 e. The Balaban J connectivity index is 1.60.